The van der Waals surface area contributed by atoms with E-state index in [9.17, 15) is 4.79 Å². The number of rotatable bonds is 6. The number of carbonyl (C=O) groups is 1. The molecule has 0 bridgehead atoms. The highest BCUT2D eigenvalue weighted by molar-refractivity contribution is 6.02. The van der Waals surface area contributed by atoms with Gasteiger partial charge in [-0.25, -0.2) is 0 Å². The highest BCUT2D eigenvalue weighted by Gasteiger charge is 2.28. The van der Waals surface area contributed by atoms with E-state index in [1.54, 1.807) is 0 Å². The van der Waals surface area contributed by atoms with Gasteiger partial charge in [-0.1, -0.05) is 29.4 Å². The third-order valence-electron chi connectivity index (χ3n) is 6.28. The van der Waals surface area contributed by atoms with Gasteiger partial charge in [0.2, 0.25) is 0 Å². The van der Waals surface area contributed by atoms with Crippen molar-refractivity contribution in [1.29, 1.82) is 5.41 Å². The van der Waals surface area contributed by atoms with Crippen LogP contribution in [0.4, 0.5) is 0 Å². The van der Waals surface area contributed by atoms with Crippen LogP contribution in [0.15, 0.2) is 29.4 Å². The first-order valence-corrected chi connectivity index (χ1v) is 10.7. The first-order chi connectivity index (χ1) is 14.1. The average Bonchev–Trinajstić information content (AvgIpc) is 3.41. The van der Waals surface area contributed by atoms with E-state index in [4.69, 9.17) is 15.4 Å². The number of carboxylic acids is 1. The van der Waals surface area contributed by atoms with Gasteiger partial charge in [-0.3, -0.25) is 15.1 Å². The van der Waals surface area contributed by atoms with Gasteiger partial charge >= 0.3 is 5.97 Å². The van der Waals surface area contributed by atoms with Crippen molar-refractivity contribution in [3.05, 3.63) is 35.4 Å². The van der Waals surface area contributed by atoms with Gasteiger partial charge in [0.15, 0.2) is 0 Å². The summed E-state index contributed by atoms with van der Waals surface area (Å²) in [6.07, 6.45) is 5.36. The Morgan fingerprint density at radius 3 is 2.48 bits per heavy atom. The van der Waals surface area contributed by atoms with Gasteiger partial charge in [0.25, 0.3) is 0 Å². The normalized spacial score (nSPS) is 23.1. The van der Waals surface area contributed by atoms with Crippen LogP contribution in [0.5, 0.6) is 0 Å². The van der Waals surface area contributed by atoms with Crippen molar-refractivity contribution in [2.45, 2.75) is 44.6 Å². The van der Waals surface area contributed by atoms with Crippen molar-refractivity contribution in [2.24, 2.45) is 11.1 Å². The molecule has 0 aliphatic carbocycles. The number of oxime groups is 1. The third kappa shape index (κ3) is 4.96. The first kappa shape index (κ1) is 19.9. The van der Waals surface area contributed by atoms with Gasteiger partial charge in [0.05, 0.1) is 5.71 Å². The van der Waals surface area contributed by atoms with Crippen LogP contribution in [-0.2, 0) is 9.63 Å². The SMILES string of the molecule is N=C(c1ccc(C2=NOC(CN3CCC(CC(=O)O)CC3)C2)cc1)N1CCCC1. The summed E-state index contributed by atoms with van der Waals surface area (Å²) in [5.41, 5.74) is 2.98. The quantitative estimate of drug-likeness (QED) is 0.568. The van der Waals surface area contributed by atoms with Crippen LogP contribution in [0.2, 0.25) is 0 Å². The lowest BCUT2D eigenvalue weighted by molar-refractivity contribution is -0.138. The molecule has 2 saturated heterocycles. The second-order valence-corrected chi connectivity index (χ2v) is 8.43. The number of nitrogens with one attached hydrogen (secondary N) is 1. The molecule has 29 heavy (non-hydrogen) atoms. The molecule has 1 unspecified atom stereocenters. The maximum Gasteiger partial charge on any atom is 0.303 e. The van der Waals surface area contributed by atoms with Gasteiger partial charge in [-0.05, 0) is 50.3 Å². The molecule has 7 nitrogen and oxygen atoms in total. The number of hydrogen-bond donors (Lipinski definition) is 2. The summed E-state index contributed by atoms with van der Waals surface area (Å²) in [7, 11) is 0. The molecule has 4 rings (SSSR count). The molecule has 3 aliphatic heterocycles. The van der Waals surface area contributed by atoms with Crippen LogP contribution in [0.25, 0.3) is 0 Å². The molecule has 1 aromatic carbocycles. The maximum absolute atomic E-state index is 10.9. The third-order valence-corrected chi connectivity index (χ3v) is 6.28. The number of nitrogens with zero attached hydrogens (tertiary/aromatic N) is 3. The Balaban J connectivity index is 1.25. The smallest absolute Gasteiger partial charge is 0.303 e. The van der Waals surface area contributed by atoms with Crippen molar-refractivity contribution in [2.75, 3.05) is 32.7 Å². The minimum atomic E-state index is -0.692. The Labute approximate surface area is 171 Å². The monoisotopic (exact) mass is 398 g/mol. The Kier molecular flexibility index (Phi) is 6.13. The van der Waals surface area contributed by atoms with E-state index < -0.39 is 5.97 Å². The van der Waals surface area contributed by atoms with Crippen molar-refractivity contribution >= 4 is 17.5 Å². The molecule has 156 valence electrons. The van der Waals surface area contributed by atoms with Gasteiger partial charge in [-0.2, -0.15) is 0 Å². The van der Waals surface area contributed by atoms with Crippen molar-refractivity contribution < 1.29 is 14.7 Å². The van der Waals surface area contributed by atoms with Crippen molar-refractivity contribution in [3.8, 4) is 0 Å². The highest BCUT2D eigenvalue weighted by atomic mass is 16.6. The van der Waals surface area contributed by atoms with E-state index in [2.05, 4.69) is 15.0 Å². The van der Waals surface area contributed by atoms with E-state index in [-0.39, 0.29) is 12.5 Å². The van der Waals surface area contributed by atoms with Crippen LogP contribution < -0.4 is 0 Å². The Hall–Kier alpha value is -2.41. The van der Waals surface area contributed by atoms with Gasteiger partial charge in [-0.15, -0.1) is 0 Å². The molecule has 3 heterocycles. The minimum absolute atomic E-state index is 0.0589. The standard InChI is InChI=1S/C22H30N4O3/c23-22(26-9-1-2-10-26)18-5-3-17(4-6-18)20-14-19(29-24-20)15-25-11-7-16(8-12-25)13-21(27)28/h3-6,16,19,23H,1-2,7-15H2,(H,27,28). The number of benzene rings is 1. The molecule has 2 fully saturated rings. The molecule has 0 amide bonds. The number of amidine groups is 1. The predicted octanol–water partition coefficient (Wildman–Crippen LogP) is 2.79. The second-order valence-electron chi connectivity index (χ2n) is 8.43. The summed E-state index contributed by atoms with van der Waals surface area (Å²) in [5.74, 6) is 0.225. The zero-order valence-corrected chi connectivity index (χ0v) is 16.8. The zero-order valence-electron chi connectivity index (χ0n) is 16.8. The fourth-order valence-corrected chi connectivity index (χ4v) is 4.55. The molecular formula is C22H30N4O3. The summed E-state index contributed by atoms with van der Waals surface area (Å²) in [6, 6.07) is 8.11. The van der Waals surface area contributed by atoms with E-state index in [0.29, 0.717) is 11.8 Å². The molecule has 0 saturated carbocycles. The van der Waals surface area contributed by atoms with Crippen LogP contribution in [0, 0.1) is 11.3 Å². The Bertz CT molecular complexity index is 763. The molecule has 7 heteroatoms. The summed E-state index contributed by atoms with van der Waals surface area (Å²) < 4.78 is 0. The van der Waals surface area contributed by atoms with Crippen LogP contribution >= 0.6 is 0 Å². The zero-order chi connectivity index (χ0) is 20.2. The Morgan fingerprint density at radius 1 is 1.14 bits per heavy atom. The summed E-state index contributed by atoms with van der Waals surface area (Å²) >= 11 is 0. The highest BCUT2D eigenvalue weighted by Crippen LogP contribution is 2.23. The Morgan fingerprint density at radius 2 is 1.83 bits per heavy atom. The lowest BCUT2D eigenvalue weighted by atomic mass is 9.93. The largest absolute Gasteiger partial charge is 0.481 e. The molecule has 0 spiro atoms. The second kappa shape index (κ2) is 8.95. The fraction of sp³-hybridized carbons (Fsp3) is 0.591. The molecule has 1 atom stereocenters. The van der Waals surface area contributed by atoms with E-state index >= 15 is 0 Å². The van der Waals surface area contributed by atoms with E-state index in [1.807, 2.05) is 24.3 Å². The number of hydrogen-bond acceptors (Lipinski definition) is 5. The lowest BCUT2D eigenvalue weighted by Gasteiger charge is -2.32. The maximum atomic E-state index is 10.9. The van der Waals surface area contributed by atoms with Gasteiger partial charge < -0.3 is 14.8 Å². The summed E-state index contributed by atoms with van der Waals surface area (Å²) in [6.45, 7) is 4.66. The van der Waals surface area contributed by atoms with Gasteiger partial charge in [0, 0.05) is 38.0 Å². The summed E-state index contributed by atoms with van der Waals surface area (Å²) in [5, 5.41) is 21.6. The molecule has 3 aliphatic rings. The topological polar surface area (TPSA) is 89.2 Å². The molecular weight excluding hydrogens is 368 g/mol. The lowest BCUT2D eigenvalue weighted by Crippen LogP contribution is -2.39. The predicted molar refractivity (Wildman–Crippen MR) is 112 cm³/mol. The molecule has 0 aromatic heterocycles. The van der Waals surface area contributed by atoms with Crippen LogP contribution in [-0.4, -0.2) is 71.3 Å². The van der Waals surface area contributed by atoms with E-state index in [1.165, 1.54) is 12.8 Å². The first-order valence-electron chi connectivity index (χ1n) is 10.7. The average molecular weight is 399 g/mol. The van der Waals surface area contributed by atoms with Crippen LogP contribution in [0.1, 0.15) is 49.7 Å². The number of likely N-dealkylation sites (tertiary alicyclic amines) is 2. The van der Waals surface area contributed by atoms with E-state index in [0.717, 1.165) is 68.8 Å². The van der Waals surface area contributed by atoms with Crippen molar-refractivity contribution in [1.82, 2.24) is 9.80 Å². The number of aliphatic carboxylic acids is 1. The molecule has 0 radical (unpaired) electrons. The van der Waals surface area contributed by atoms with Crippen LogP contribution in [0.3, 0.4) is 0 Å². The summed E-state index contributed by atoms with van der Waals surface area (Å²) in [4.78, 5) is 21.0. The molecule has 2 N–H and O–H groups in total. The molecule has 1 aromatic rings. The number of piperidine rings is 1. The van der Waals surface area contributed by atoms with Gasteiger partial charge in [0.1, 0.15) is 11.9 Å². The fourth-order valence-electron chi connectivity index (χ4n) is 4.55. The van der Waals surface area contributed by atoms with Crippen molar-refractivity contribution in [3.63, 3.8) is 0 Å². The number of carboxylic acid groups (broad SMARTS) is 1. The minimum Gasteiger partial charge on any atom is -0.481 e.